The fourth-order valence-corrected chi connectivity index (χ4v) is 5.91. The first-order valence-corrected chi connectivity index (χ1v) is 11.2. The Kier molecular flexibility index (Phi) is 5.76. The molecular weight excluding hydrogens is 384 g/mol. The molecule has 4 rings (SSSR count). The van der Waals surface area contributed by atoms with E-state index in [1.807, 2.05) is 4.90 Å². The third kappa shape index (κ3) is 4.03. The number of halogens is 1. The third-order valence-electron chi connectivity index (χ3n) is 6.48. The molecule has 3 aliphatic rings. The van der Waals surface area contributed by atoms with Crippen LogP contribution >= 0.6 is 22.9 Å². The Bertz CT molecular complexity index is 695. The summed E-state index contributed by atoms with van der Waals surface area (Å²) in [5, 5.41) is 3.30. The molecule has 0 aromatic carbocycles. The van der Waals surface area contributed by atoms with Crippen LogP contribution in [-0.4, -0.2) is 49.1 Å². The molecule has 1 aromatic rings. The van der Waals surface area contributed by atoms with Gasteiger partial charge in [-0.15, -0.1) is 11.3 Å². The molecule has 0 bridgehead atoms. The maximum absolute atomic E-state index is 13.2. The lowest BCUT2D eigenvalue weighted by Crippen LogP contribution is -2.47. The average Bonchev–Trinajstić information content (AvgIpc) is 3.27. The average molecular weight is 411 g/mol. The lowest BCUT2D eigenvalue weighted by Gasteiger charge is -2.37. The van der Waals surface area contributed by atoms with Gasteiger partial charge in [-0.3, -0.25) is 9.59 Å². The predicted molar refractivity (Wildman–Crippen MR) is 106 cm³/mol. The molecule has 1 atom stereocenters. The molecule has 2 saturated heterocycles. The van der Waals surface area contributed by atoms with Crippen molar-refractivity contribution in [3.8, 4) is 0 Å². The van der Waals surface area contributed by atoms with E-state index in [4.69, 9.17) is 16.3 Å². The van der Waals surface area contributed by atoms with E-state index in [1.54, 1.807) is 12.1 Å². The normalized spacial score (nSPS) is 25.7. The van der Waals surface area contributed by atoms with Crippen molar-refractivity contribution in [2.24, 2.45) is 11.3 Å². The number of hydrogen-bond acceptors (Lipinski definition) is 4. The number of carbonyl (C=O) groups is 2. The number of ether oxygens (including phenoxy) is 1. The highest BCUT2D eigenvalue weighted by Crippen LogP contribution is 2.45. The lowest BCUT2D eigenvalue weighted by atomic mass is 9.71. The van der Waals surface area contributed by atoms with E-state index in [-0.39, 0.29) is 23.1 Å². The van der Waals surface area contributed by atoms with Crippen LogP contribution in [0, 0.1) is 11.3 Å². The van der Waals surface area contributed by atoms with Crippen LogP contribution in [0.5, 0.6) is 0 Å². The Labute approximate surface area is 169 Å². The monoisotopic (exact) mass is 410 g/mol. The second-order valence-corrected chi connectivity index (χ2v) is 9.88. The molecule has 1 N–H and O–H groups in total. The van der Waals surface area contributed by atoms with E-state index < -0.39 is 0 Å². The van der Waals surface area contributed by atoms with Crippen LogP contribution in [0.25, 0.3) is 0 Å². The number of hydrogen-bond donors (Lipinski definition) is 1. The molecule has 1 spiro atoms. The highest BCUT2D eigenvalue weighted by molar-refractivity contribution is 7.17. The number of nitrogens with one attached hydrogen (secondary N) is 1. The SMILES string of the molecule is O=C(NC1CCCCC1)C1CN(C(=O)c2ccc(Cl)s2)CC12CCOCC2. The third-order valence-corrected chi connectivity index (χ3v) is 7.69. The van der Waals surface area contributed by atoms with Crippen molar-refractivity contribution >= 4 is 34.8 Å². The van der Waals surface area contributed by atoms with Gasteiger partial charge in [0.2, 0.25) is 5.91 Å². The van der Waals surface area contributed by atoms with Gasteiger partial charge in [0.25, 0.3) is 5.91 Å². The van der Waals surface area contributed by atoms with Gasteiger partial charge in [-0.25, -0.2) is 0 Å². The maximum Gasteiger partial charge on any atom is 0.264 e. The Morgan fingerprint density at radius 2 is 1.93 bits per heavy atom. The largest absolute Gasteiger partial charge is 0.381 e. The van der Waals surface area contributed by atoms with Crippen molar-refractivity contribution < 1.29 is 14.3 Å². The molecule has 2 aliphatic heterocycles. The molecule has 2 amide bonds. The standard InChI is InChI=1S/C20H27ClN2O3S/c21-17-7-6-16(27-17)19(25)23-12-15(20(13-23)8-10-26-11-9-20)18(24)22-14-4-2-1-3-5-14/h6-7,14-15H,1-5,8-13H2,(H,22,24). The summed E-state index contributed by atoms with van der Waals surface area (Å²) in [6.07, 6.45) is 7.48. The highest BCUT2D eigenvalue weighted by atomic mass is 35.5. The van der Waals surface area contributed by atoms with Gasteiger partial charge in [0, 0.05) is 37.8 Å². The summed E-state index contributed by atoms with van der Waals surface area (Å²) in [6, 6.07) is 3.83. The molecule has 7 heteroatoms. The molecule has 5 nitrogen and oxygen atoms in total. The summed E-state index contributed by atoms with van der Waals surface area (Å²) in [5.41, 5.74) is -0.159. The van der Waals surface area contributed by atoms with Crippen molar-refractivity contribution in [2.75, 3.05) is 26.3 Å². The maximum atomic E-state index is 13.2. The lowest BCUT2D eigenvalue weighted by molar-refractivity contribution is -0.130. The van der Waals surface area contributed by atoms with E-state index in [9.17, 15) is 9.59 Å². The quantitative estimate of drug-likeness (QED) is 0.826. The van der Waals surface area contributed by atoms with Gasteiger partial charge in [-0.2, -0.15) is 0 Å². The molecule has 0 radical (unpaired) electrons. The van der Waals surface area contributed by atoms with Crippen molar-refractivity contribution in [3.63, 3.8) is 0 Å². The second-order valence-electron chi connectivity index (χ2n) is 8.16. The van der Waals surface area contributed by atoms with E-state index in [0.29, 0.717) is 41.6 Å². The molecule has 27 heavy (non-hydrogen) atoms. The molecular formula is C20H27ClN2O3S. The van der Waals surface area contributed by atoms with Crippen LogP contribution in [0.15, 0.2) is 12.1 Å². The summed E-state index contributed by atoms with van der Waals surface area (Å²) in [4.78, 5) is 28.7. The van der Waals surface area contributed by atoms with E-state index in [1.165, 1.54) is 30.6 Å². The topological polar surface area (TPSA) is 58.6 Å². The number of amides is 2. The van der Waals surface area contributed by atoms with Crippen molar-refractivity contribution in [2.45, 2.75) is 51.0 Å². The van der Waals surface area contributed by atoms with E-state index in [0.717, 1.165) is 25.7 Å². The molecule has 1 saturated carbocycles. The zero-order chi connectivity index (χ0) is 18.9. The Morgan fingerprint density at radius 1 is 1.19 bits per heavy atom. The van der Waals surface area contributed by atoms with Gasteiger partial charge in [0.1, 0.15) is 0 Å². The van der Waals surface area contributed by atoms with Gasteiger partial charge in [0.05, 0.1) is 15.1 Å². The first-order chi connectivity index (χ1) is 13.1. The fraction of sp³-hybridized carbons (Fsp3) is 0.700. The molecule has 1 aromatic heterocycles. The number of thiophene rings is 1. The summed E-state index contributed by atoms with van der Waals surface area (Å²) in [5.74, 6) is -0.0308. The summed E-state index contributed by atoms with van der Waals surface area (Å²) >= 11 is 7.31. The zero-order valence-corrected chi connectivity index (χ0v) is 17.1. The summed E-state index contributed by atoms with van der Waals surface area (Å²) in [6.45, 7) is 2.46. The number of nitrogens with zero attached hydrogens (tertiary/aromatic N) is 1. The van der Waals surface area contributed by atoms with Gasteiger partial charge in [-0.1, -0.05) is 30.9 Å². The van der Waals surface area contributed by atoms with Gasteiger partial charge in [0.15, 0.2) is 0 Å². The second kappa shape index (κ2) is 8.10. The van der Waals surface area contributed by atoms with Crippen LogP contribution in [0.2, 0.25) is 4.34 Å². The Morgan fingerprint density at radius 3 is 2.59 bits per heavy atom. The Hall–Kier alpha value is -1.11. The molecule has 1 unspecified atom stereocenters. The summed E-state index contributed by atoms with van der Waals surface area (Å²) < 4.78 is 6.18. The van der Waals surface area contributed by atoms with E-state index >= 15 is 0 Å². The minimum Gasteiger partial charge on any atom is -0.381 e. The fourth-order valence-electron chi connectivity index (χ4n) is 4.90. The molecule has 148 valence electrons. The molecule has 3 fully saturated rings. The van der Waals surface area contributed by atoms with Gasteiger partial charge in [-0.05, 0) is 37.8 Å². The molecule has 1 aliphatic carbocycles. The number of carbonyl (C=O) groups excluding carboxylic acids is 2. The predicted octanol–water partition coefficient (Wildman–Crippen LogP) is 3.72. The van der Waals surface area contributed by atoms with E-state index in [2.05, 4.69) is 5.32 Å². The summed E-state index contributed by atoms with van der Waals surface area (Å²) in [7, 11) is 0. The van der Waals surface area contributed by atoms with Crippen molar-refractivity contribution in [1.82, 2.24) is 10.2 Å². The van der Waals surface area contributed by atoms with Crippen LogP contribution in [0.3, 0.4) is 0 Å². The first-order valence-electron chi connectivity index (χ1n) is 10.0. The first kappa shape index (κ1) is 19.2. The molecule has 3 heterocycles. The highest BCUT2D eigenvalue weighted by Gasteiger charge is 2.52. The number of likely N-dealkylation sites (tertiary alicyclic amines) is 1. The van der Waals surface area contributed by atoms with Gasteiger partial charge >= 0.3 is 0 Å². The minimum absolute atomic E-state index is 0.00858. The minimum atomic E-state index is -0.159. The van der Waals surface area contributed by atoms with Crippen LogP contribution in [-0.2, 0) is 9.53 Å². The smallest absolute Gasteiger partial charge is 0.264 e. The zero-order valence-electron chi connectivity index (χ0n) is 15.5. The van der Waals surface area contributed by atoms with Gasteiger partial charge < -0.3 is 15.0 Å². The Balaban J connectivity index is 1.50. The number of rotatable bonds is 3. The van der Waals surface area contributed by atoms with Crippen molar-refractivity contribution in [3.05, 3.63) is 21.3 Å². The van der Waals surface area contributed by atoms with Crippen LogP contribution < -0.4 is 5.32 Å². The van der Waals surface area contributed by atoms with Crippen molar-refractivity contribution in [1.29, 1.82) is 0 Å². The van der Waals surface area contributed by atoms with Crippen LogP contribution in [0.1, 0.15) is 54.6 Å². The van der Waals surface area contributed by atoms with Crippen LogP contribution in [0.4, 0.5) is 0 Å².